The lowest BCUT2D eigenvalue weighted by Gasteiger charge is -2.30. The zero-order valence-electron chi connectivity index (χ0n) is 22.8. The van der Waals surface area contributed by atoms with E-state index in [2.05, 4.69) is 10.2 Å². The molecule has 2 aromatic carbocycles. The van der Waals surface area contributed by atoms with Crippen molar-refractivity contribution in [2.45, 2.75) is 64.5 Å². The first kappa shape index (κ1) is 28.2. The maximum absolute atomic E-state index is 13.7. The van der Waals surface area contributed by atoms with Crippen LogP contribution in [-0.2, 0) is 24.1 Å². The third kappa shape index (κ3) is 7.41. The summed E-state index contributed by atoms with van der Waals surface area (Å²) in [6.07, 6.45) is -2.09. The van der Waals surface area contributed by atoms with E-state index < -0.39 is 11.7 Å². The SMILES string of the molecule is CN(CC(=O)N(CCNC(C)(C)C)Cc1ccccc1C(F)(F)F)c1cccc2c1CN(C1CC1)CCO2. The first-order chi connectivity index (χ1) is 17.9. The number of likely N-dealkylation sites (N-methyl/N-ethyl adjacent to an activating group) is 1. The quantitative estimate of drug-likeness (QED) is 0.497. The Morgan fingerprint density at radius 1 is 1.11 bits per heavy atom. The zero-order chi connectivity index (χ0) is 27.5. The molecule has 0 aromatic heterocycles. The molecule has 1 saturated carbocycles. The van der Waals surface area contributed by atoms with Gasteiger partial charge in [-0.25, -0.2) is 0 Å². The summed E-state index contributed by atoms with van der Waals surface area (Å²) in [5, 5.41) is 3.34. The first-order valence-corrected chi connectivity index (χ1v) is 13.3. The minimum absolute atomic E-state index is 0.0452. The Bertz CT molecular complexity index is 1110. The number of ether oxygens (including phenoxy) is 1. The predicted molar refractivity (Wildman–Crippen MR) is 143 cm³/mol. The van der Waals surface area contributed by atoms with E-state index >= 15 is 0 Å². The second-order valence-corrected chi connectivity index (χ2v) is 11.3. The van der Waals surface area contributed by atoms with Crippen molar-refractivity contribution in [3.8, 4) is 5.75 Å². The Morgan fingerprint density at radius 2 is 1.84 bits per heavy atom. The van der Waals surface area contributed by atoms with Crippen molar-refractivity contribution < 1.29 is 22.7 Å². The fourth-order valence-corrected chi connectivity index (χ4v) is 4.90. The highest BCUT2D eigenvalue weighted by molar-refractivity contribution is 5.82. The molecule has 1 amide bonds. The van der Waals surface area contributed by atoms with Gasteiger partial charge in [-0.05, 0) is 57.4 Å². The highest BCUT2D eigenvalue weighted by Crippen LogP contribution is 2.36. The van der Waals surface area contributed by atoms with Gasteiger partial charge in [0.25, 0.3) is 0 Å². The van der Waals surface area contributed by atoms with E-state index in [0.717, 1.165) is 36.2 Å². The summed E-state index contributed by atoms with van der Waals surface area (Å²) < 4.78 is 47.1. The molecule has 0 atom stereocenters. The van der Waals surface area contributed by atoms with Crippen LogP contribution in [0.2, 0.25) is 0 Å². The Kier molecular flexibility index (Phi) is 8.57. The number of halogens is 3. The molecule has 1 heterocycles. The van der Waals surface area contributed by atoms with Crippen LogP contribution >= 0.6 is 0 Å². The van der Waals surface area contributed by atoms with Gasteiger partial charge in [-0.2, -0.15) is 13.2 Å². The minimum atomic E-state index is -4.49. The van der Waals surface area contributed by atoms with Gasteiger partial charge in [0, 0.05) is 62.6 Å². The Labute approximate surface area is 223 Å². The highest BCUT2D eigenvalue weighted by Gasteiger charge is 2.34. The number of amides is 1. The molecule has 1 aliphatic heterocycles. The van der Waals surface area contributed by atoms with E-state index in [1.54, 1.807) is 6.07 Å². The fraction of sp³-hybridized carbons (Fsp3) is 0.552. The summed E-state index contributed by atoms with van der Waals surface area (Å²) >= 11 is 0. The molecule has 38 heavy (non-hydrogen) atoms. The van der Waals surface area contributed by atoms with Crippen LogP contribution in [-0.4, -0.2) is 67.1 Å². The molecule has 0 spiro atoms. The number of carbonyl (C=O) groups excluding carboxylic acids is 1. The average Bonchev–Trinajstić information content (AvgIpc) is 3.68. The van der Waals surface area contributed by atoms with Gasteiger partial charge in [0.15, 0.2) is 0 Å². The standard InChI is InChI=1S/C29H39F3N4O2/c1-28(2,3)33-14-15-36(18-21-8-5-6-9-24(21)29(30,31)32)27(37)20-34(4)25-10-7-11-26-23(25)19-35(16-17-38-26)22-12-13-22/h5-11,22,33H,12-20H2,1-4H3. The maximum Gasteiger partial charge on any atom is 0.416 e. The third-order valence-corrected chi connectivity index (χ3v) is 7.03. The molecule has 4 rings (SSSR count). The first-order valence-electron chi connectivity index (χ1n) is 13.3. The van der Waals surface area contributed by atoms with E-state index in [4.69, 9.17) is 4.74 Å². The molecule has 6 nitrogen and oxygen atoms in total. The highest BCUT2D eigenvalue weighted by atomic mass is 19.4. The van der Waals surface area contributed by atoms with E-state index in [0.29, 0.717) is 25.7 Å². The summed E-state index contributed by atoms with van der Waals surface area (Å²) in [6.45, 7) is 8.99. The van der Waals surface area contributed by atoms with Crippen LogP contribution in [0.3, 0.4) is 0 Å². The van der Waals surface area contributed by atoms with E-state index in [9.17, 15) is 18.0 Å². The van der Waals surface area contributed by atoms with Crippen LogP contribution < -0.4 is 15.0 Å². The van der Waals surface area contributed by atoms with Crippen molar-refractivity contribution >= 4 is 11.6 Å². The number of nitrogens with one attached hydrogen (secondary N) is 1. The van der Waals surface area contributed by atoms with Crippen LogP contribution in [0.5, 0.6) is 5.75 Å². The molecular formula is C29H39F3N4O2. The van der Waals surface area contributed by atoms with Gasteiger partial charge in [-0.15, -0.1) is 0 Å². The van der Waals surface area contributed by atoms with Crippen LogP contribution in [0.25, 0.3) is 0 Å². The second-order valence-electron chi connectivity index (χ2n) is 11.3. The number of carbonyl (C=O) groups is 1. The molecule has 1 aliphatic carbocycles. The van der Waals surface area contributed by atoms with E-state index in [-0.39, 0.29) is 30.1 Å². The summed E-state index contributed by atoms with van der Waals surface area (Å²) in [7, 11) is 1.86. The average molecular weight is 533 g/mol. The van der Waals surface area contributed by atoms with Crippen LogP contribution in [0.15, 0.2) is 42.5 Å². The van der Waals surface area contributed by atoms with Gasteiger partial charge >= 0.3 is 6.18 Å². The van der Waals surface area contributed by atoms with Gasteiger partial charge in [-0.1, -0.05) is 24.3 Å². The number of hydrogen-bond acceptors (Lipinski definition) is 5. The summed E-state index contributed by atoms with van der Waals surface area (Å²) in [6, 6.07) is 11.9. The largest absolute Gasteiger partial charge is 0.492 e. The third-order valence-electron chi connectivity index (χ3n) is 7.03. The maximum atomic E-state index is 13.7. The molecule has 1 fully saturated rings. The van der Waals surface area contributed by atoms with Gasteiger partial charge in [0.2, 0.25) is 5.91 Å². The number of rotatable bonds is 9. The van der Waals surface area contributed by atoms with Crippen molar-refractivity contribution in [1.82, 2.24) is 15.1 Å². The molecular weight excluding hydrogens is 493 g/mol. The van der Waals surface area contributed by atoms with Gasteiger partial charge in [-0.3, -0.25) is 9.69 Å². The van der Waals surface area contributed by atoms with Crippen LogP contribution in [0, 0.1) is 0 Å². The zero-order valence-corrected chi connectivity index (χ0v) is 22.8. The van der Waals surface area contributed by atoms with Crippen LogP contribution in [0.4, 0.5) is 18.9 Å². The molecule has 0 radical (unpaired) electrons. The Balaban J connectivity index is 1.53. The normalized spacial score (nSPS) is 16.4. The molecule has 0 bridgehead atoms. The topological polar surface area (TPSA) is 48.1 Å². The van der Waals surface area contributed by atoms with Crippen molar-refractivity contribution in [3.63, 3.8) is 0 Å². The molecule has 0 unspecified atom stereocenters. The second kappa shape index (κ2) is 11.5. The van der Waals surface area contributed by atoms with Gasteiger partial charge < -0.3 is 19.9 Å². The minimum Gasteiger partial charge on any atom is -0.492 e. The number of benzene rings is 2. The summed E-state index contributed by atoms with van der Waals surface area (Å²) in [4.78, 5) is 19.4. The smallest absolute Gasteiger partial charge is 0.416 e. The molecule has 9 heteroatoms. The lowest BCUT2D eigenvalue weighted by atomic mass is 10.1. The Hall–Kier alpha value is -2.78. The van der Waals surface area contributed by atoms with Gasteiger partial charge in [0.05, 0.1) is 12.1 Å². The molecule has 208 valence electrons. The van der Waals surface area contributed by atoms with Gasteiger partial charge in [0.1, 0.15) is 12.4 Å². The van der Waals surface area contributed by atoms with E-state index in [1.807, 2.05) is 50.9 Å². The molecule has 0 saturated heterocycles. The van der Waals surface area contributed by atoms with Crippen LogP contribution in [0.1, 0.15) is 50.3 Å². The number of fused-ring (bicyclic) bond motifs is 1. The lowest BCUT2D eigenvalue weighted by molar-refractivity contribution is -0.139. The lowest BCUT2D eigenvalue weighted by Crippen LogP contribution is -2.45. The number of anilines is 1. The number of nitrogens with zero attached hydrogens (tertiary/aromatic N) is 3. The predicted octanol–water partition coefficient (Wildman–Crippen LogP) is 4.92. The van der Waals surface area contributed by atoms with Crippen molar-refractivity contribution in [1.29, 1.82) is 0 Å². The number of hydrogen-bond donors (Lipinski definition) is 1. The van der Waals surface area contributed by atoms with Crippen molar-refractivity contribution in [2.75, 3.05) is 44.7 Å². The Morgan fingerprint density at radius 3 is 2.53 bits per heavy atom. The monoisotopic (exact) mass is 532 g/mol. The fourth-order valence-electron chi connectivity index (χ4n) is 4.90. The van der Waals surface area contributed by atoms with Crippen molar-refractivity contribution in [2.24, 2.45) is 0 Å². The molecule has 2 aromatic rings. The van der Waals surface area contributed by atoms with Crippen molar-refractivity contribution in [3.05, 3.63) is 59.2 Å². The number of alkyl halides is 3. The van der Waals surface area contributed by atoms with E-state index in [1.165, 1.54) is 29.9 Å². The summed E-state index contributed by atoms with van der Waals surface area (Å²) in [5.74, 6) is 0.599. The molecule has 1 N–H and O–H groups in total. The summed E-state index contributed by atoms with van der Waals surface area (Å²) in [5.41, 5.74) is 1.17. The molecule has 2 aliphatic rings.